The van der Waals surface area contributed by atoms with E-state index in [4.69, 9.17) is 9.47 Å². The molecule has 0 unspecified atom stereocenters. The highest BCUT2D eigenvalue weighted by molar-refractivity contribution is 5.78. The number of anilines is 1. The summed E-state index contributed by atoms with van der Waals surface area (Å²) in [7, 11) is 0. The fourth-order valence-corrected chi connectivity index (χ4v) is 2.70. The molecule has 2 rings (SSSR count). The maximum Gasteiger partial charge on any atom is 0.258 e. The van der Waals surface area contributed by atoms with E-state index in [9.17, 15) is 4.79 Å². The summed E-state index contributed by atoms with van der Waals surface area (Å²) in [6, 6.07) is 12.1. The van der Waals surface area contributed by atoms with Crippen molar-refractivity contribution in [1.82, 2.24) is 5.32 Å². The molecule has 0 aliphatic rings. The zero-order valence-electron chi connectivity index (χ0n) is 17.8. The average Bonchev–Trinajstić information content (AvgIpc) is 2.61. The van der Waals surface area contributed by atoms with Gasteiger partial charge in [0, 0.05) is 17.8 Å². The monoisotopic (exact) mass is 384 g/mol. The van der Waals surface area contributed by atoms with E-state index in [-0.39, 0.29) is 18.1 Å². The lowest BCUT2D eigenvalue weighted by molar-refractivity contribution is -0.124. The Hall–Kier alpha value is -2.69. The van der Waals surface area contributed by atoms with Crippen LogP contribution in [0.4, 0.5) is 5.69 Å². The zero-order chi connectivity index (χ0) is 20.7. The van der Waals surface area contributed by atoms with Crippen LogP contribution in [-0.4, -0.2) is 24.7 Å². The van der Waals surface area contributed by atoms with Crippen molar-refractivity contribution in [3.63, 3.8) is 0 Å². The number of aryl methyl sites for hydroxylation is 2. The number of rotatable bonds is 8. The molecule has 152 valence electrons. The van der Waals surface area contributed by atoms with Gasteiger partial charge in [-0.1, -0.05) is 12.1 Å². The van der Waals surface area contributed by atoms with Crippen molar-refractivity contribution in [3.05, 3.63) is 53.1 Å². The minimum atomic E-state index is -0.285. The van der Waals surface area contributed by atoms with Gasteiger partial charge in [-0.05, 0) is 82.5 Å². The molecule has 28 heavy (non-hydrogen) atoms. The lowest BCUT2D eigenvalue weighted by Crippen LogP contribution is -2.43. The van der Waals surface area contributed by atoms with E-state index < -0.39 is 0 Å². The Morgan fingerprint density at radius 2 is 1.71 bits per heavy atom. The van der Waals surface area contributed by atoms with E-state index in [0.29, 0.717) is 24.7 Å². The van der Waals surface area contributed by atoms with Crippen molar-refractivity contribution >= 4 is 11.6 Å². The molecule has 0 aliphatic heterocycles. The van der Waals surface area contributed by atoms with Crippen LogP contribution in [0.2, 0.25) is 0 Å². The fourth-order valence-electron chi connectivity index (χ4n) is 2.70. The van der Waals surface area contributed by atoms with Crippen LogP contribution in [0.25, 0.3) is 0 Å². The van der Waals surface area contributed by atoms with E-state index >= 15 is 0 Å². The molecule has 0 fully saturated rings. The van der Waals surface area contributed by atoms with E-state index in [1.165, 1.54) is 11.1 Å². The third-order valence-corrected chi connectivity index (χ3v) is 4.18. The van der Waals surface area contributed by atoms with Crippen LogP contribution >= 0.6 is 0 Å². The Kier molecular flexibility index (Phi) is 7.32. The summed E-state index contributed by atoms with van der Waals surface area (Å²) in [6.07, 6.45) is 0. The minimum absolute atomic E-state index is 0.0441. The topological polar surface area (TPSA) is 59.6 Å². The predicted octanol–water partition coefficient (Wildman–Crippen LogP) is 4.61. The Morgan fingerprint density at radius 1 is 0.964 bits per heavy atom. The van der Waals surface area contributed by atoms with Crippen molar-refractivity contribution in [3.8, 4) is 11.5 Å². The Labute approximate surface area is 168 Å². The molecular formula is C23H32N2O3. The van der Waals surface area contributed by atoms with Gasteiger partial charge in [0.05, 0.1) is 6.61 Å². The molecule has 5 nitrogen and oxygen atoms in total. The molecule has 0 spiro atoms. The number of benzene rings is 2. The second kappa shape index (κ2) is 9.49. The number of carbonyl (C=O) groups is 1. The molecule has 0 atom stereocenters. The number of hydrogen-bond donors (Lipinski definition) is 2. The highest BCUT2D eigenvalue weighted by Gasteiger charge is 2.15. The maximum atomic E-state index is 12.0. The molecule has 2 aromatic carbocycles. The molecule has 0 saturated carbocycles. The van der Waals surface area contributed by atoms with Gasteiger partial charge < -0.3 is 20.1 Å². The van der Waals surface area contributed by atoms with Crippen molar-refractivity contribution in [2.24, 2.45) is 0 Å². The number of amides is 1. The van der Waals surface area contributed by atoms with Crippen LogP contribution in [0.5, 0.6) is 11.5 Å². The largest absolute Gasteiger partial charge is 0.490 e. The standard InChI is InChI=1S/C23H32N2O3/c1-7-27-21-13-18(14-24-19-10-8-16(2)17(3)12-19)9-11-20(21)28-15-22(26)25-23(4,5)6/h8-13,24H,7,14-15H2,1-6H3,(H,25,26). The number of hydrogen-bond acceptors (Lipinski definition) is 4. The maximum absolute atomic E-state index is 12.0. The van der Waals surface area contributed by atoms with Gasteiger partial charge in [-0.25, -0.2) is 0 Å². The van der Waals surface area contributed by atoms with Crippen molar-refractivity contribution in [2.75, 3.05) is 18.5 Å². The average molecular weight is 385 g/mol. The molecule has 0 saturated heterocycles. The molecule has 0 radical (unpaired) electrons. The van der Waals surface area contributed by atoms with Gasteiger partial charge in [0.15, 0.2) is 18.1 Å². The first-order valence-electron chi connectivity index (χ1n) is 9.68. The van der Waals surface area contributed by atoms with Gasteiger partial charge in [-0.15, -0.1) is 0 Å². The van der Waals surface area contributed by atoms with Gasteiger partial charge in [0.1, 0.15) is 0 Å². The third-order valence-electron chi connectivity index (χ3n) is 4.18. The Bertz CT molecular complexity index is 810. The van der Waals surface area contributed by atoms with Gasteiger partial charge in [0.25, 0.3) is 5.91 Å². The molecule has 0 bridgehead atoms. The summed E-state index contributed by atoms with van der Waals surface area (Å²) in [5.41, 5.74) is 4.42. The lowest BCUT2D eigenvalue weighted by atomic mass is 10.1. The first-order valence-corrected chi connectivity index (χ1v) is 9.68. The molecule has 2 N–H and O–H groups in total. The van der Waals surface area contributed by atoms with Crippen LogP contribution in [0.15, 0.2) is 36.4 Å². The van der Waals surface area contributed by atoms with Crippen LogP contribution in [0.1, 0.15) is 44.4 Å². The summed E-state index contributed by atoms with van der Waals surface area (Å²) in [5, 5.41) is 6.32. The van der Waals surface area contributed by atoms with Gasteiger partial charge in [0.2, 0.25) is 0 Å². The first-order chi connectivity index (χ1) is 13.2. The highest BCUT2D eigenvalue weighted by atomic mass is 16.5. The van der Waals surface area contributed by atoms with Gasteiger partial charge >= 0.3 is 0 Å². The SMILES string of the molecule is CCOc1cc(CNc2ccc(C)c(C)c2)ccc1OCC(=O)NC(C)(C)C. The Morgan fingerprint density at radius 3 is 2.36 bits per heavy atom. The third kappa shape index (κ3) is 6.80. The van der Waals surface area contributed by atoms with Crippen molar-refractivity contribution < 1.29 is 14.3 Å². The highest BCUT2D eigenvalue weighted by Crippen LogP contribution is 2.29. The predicted molar refractivity (Wildman–Crippen MR) is 114 cm³/mol. The van der Waals surface area contributed by atoms with Crippen molar-refractivity contribution in [1.29, 1.82) is 0 Å². The zero-order valence-corrected chi connectivity index (χ0v) is 17.8. The Balaban J connectivity index is 2.02. The summed E-state index contributed by atoms with van der Waals surface area (Å²) in [5.74, 6) is 1.06. The number of ether oxygens (including phenoxy) is 2. The van der Waals surface area contributed by atoms with Crippen LogP contribution < -0.4 is 20.1 Å². The van der Waals surface area contributed by atoms with Crippen molar-refractivity contribution in [2.45, 2.75) is 53.6 Å². The second-order valence-electron chi connectivity index (χ2n) is 7.95. The number of carbonyl (C=O) groups excluding carboxylic acids is 1. The molecule has 0 heterocycles. The van der Waals surface area contributed by atoms with Crippen LogP contribution in [-0.2, 0) is 11.3 Å². The van der Waals surface area contributed by atoms with Crippen LogP contribution in [0.3, 0.4) is 0 Å². The summed E-state index contributed by atoms with van der Waals surface area (Å²) >= 11 is 0. The fraction of sp³-hybridized carbons (Fsp3) is 0.435. The molecule has 1 amide bonds. The van der Waals surface area contributed by atoms with E-state index in [1.807, 2.05) is 45.9 Å². The molecule has 5 heteroatoms. The normalized spacial score (nSPS) is 11.1. The van der Waals surface area contributed by atoms with E-state index in [1.54, 1.807) is 0 Å². The quantitative estimate of drug-likeness (QED) is 0.698. The smallest absolute Gasteiger partial charge is 0.258 e. The summed E-state index contributed by atoms with van der Waals surface area (Å²) in [6.45, 7) is 13.1. The first kappa shape index (κ1) is 21.6. The van der Waals surface area contributed by atoms with E-state index in [0.717, 1.165) is 11.3 Å². The molecule has 0 aromatic heterocycles. The van der Waals surface area contributed by atoms with Gasteiger partial charge in [-0.2, -0.15) is 0 Å². The summed E-state index contributed by atoms with van der Waals surface area (Å²) in [4.78, 5) is 12.0. The molecule has 2 aromatic rings. The summed E-state index contributed by atoms with van der Waals surface area (Å²) < 4.78 is 11.4. The molecule has 0 aliphatic carbocycles. The van der Waals surface area contributed by atoms with Crippen LogP contribution in [0, 0.1) is 13.8 Å². The minimum Gasteiger partial charge on any atom is -0.490 e. The second-order valence-corrected chi connectivity index (χ2v) is 7.95. The lowest BCUT2D eigenvalue weighted by Gasteiger charge is -2.21. The molecular weight excluding hydrogens is 352 g/mol. The number of nitrogens with one attached hydrogen (secondary N) is 2. The van der Waals surface area contributed by atoms with Gasteiger partial charge in [-0.3, -0.25) is 4.79 Å². The van der Waals surface area contributed by atoms with E-state index in [2.05, 4.69) is 42.7 Å².